The summed E-state index contributed by atoms with van der Waals surface area (Å²) in [6, 6.07) is 7.31. The van der Waals surface area contributed by atoms with E-state index in [1.165, 1.54) is 6.07 Å². The molecule has 1 aliphatic rings. The molecule has 2 rings (SSSR count). The van der Waals surface area contributed by atoms with Crippen LogP contribution in [-0.4, -0.2) is 19.3 Å². The largest absolute Gasteiger partial charge is 0.380 e. The molecule has 1 N–H and O–H groups in total. The van der Waals surface area contributed by atoms with E-state index in [9.17, 15) is 4.39 Å². The van der Waals surface area contributed by atoms with Crippen molar-refractivity contribution in [3.8, 4) is 0 Å². The van der Waals surface area contributed by atoms with Crippen molar-refractivity contribution in [1.82, 2.24) is 5.32 Å². The predicted octanol–water partition coefficient (Wildman–Crippen LogP) is 2.27. The van der Waals surface area contributed by atoms with Gasteiger partial charge in [-0.1, -0.05) is 12.1 Å². The van der Waals surface area contributed by atoms with Crippen LogP contribution in [0.25, 0.3) is 0 Å². The van der Waals surface area contributed by atoms with Gasteiger partial charge in [0.05, 0.1) is 6.61 Å². The van der Waals surface area contributed by atoms with Crippen LogP contribution in [0.2, 0.25) is 0 Å². The van der Waals surface area contributed by atoms with Gasteiger partial charge in [-0.05, 0) is 31.0 Å². The molecule has 1 heterocycles. The minimum absolute atomic E-state index is 0.174. The van der Waals surface area contributed by atoms with E-state index >= 15 is 0 Å². The molecule has 1 fully saturated rings. The van der Waals surface area contributed by atoms with Gasteiger partial charge in [-0.3, -0.25) is 0 Å². The van der Waals surface area contributed by atoms with Crippen LogP contribution in [0.1, 0.15) is 24.9 Å². The summed E-state index contributed by atoms with van der Waals surface area (Å²) in [5.74, 6) is -0.177. The second-order valence-electron chi connectivity index (χ2n) is 4.00. The van der Waals surface area contributed by atoms with Crippen molar-refractivity contribution in [2.75, 3.05) is 13.2 Å². The molecule has 0 aromatic heterocycles. The summed E-state index contributed by atoms with van der Waals surface area (Å²) in [5, 5.41) is 3.43. The van der Waals surface area contributed by atoms with Gasteiger partial charge >= 0.3 is 0 Å². The third kappa shape index (κ3) is 2.76. The number of hydrogen-bond acceptors (Lipinski definition) is 2. The molecule has 2 unspecified atom stereocenters. The SMILES string of the molecule is CC(NC1CCOC1)c1cccc(F)c1. The van der Waals surface area contributed by atoms with Gasteiger partial charge in [0.15, 0.2) is 0 Å². The fourth-order valence-electron chi connectivity index (χ4n) is 1.89. The average molecular weight is 209 g/mol. The van der Waals surface area contributed by atoms with Gasteiger partial charge in [-0.15, -0.1) is 0 Å². The van der Waals surface area contributed by atoms with E-state index in [1.54, 1.807) is 12.1 Å². The minimum Gasteiger partial charge on any atom is -0.380 e. The molecule has 0 saturated carbocycles. The van der Waals surface area contributed by atoms with E-state index in [-0.39, 0.29) is 11.9 Å². The number of hydrogen-bond donors (Lipinski definition) is 1. The first-order valence-corrected chi connectivity index (χ1v) is 5.35. The normalized spacial score (nSPS) is 22.9. The van der Waals surface area contributed by atoms with Gasteiger partial charge in [0.2, 0.25) is 0 Å². The monoisotopic (exact) mass is 209 g/mol. The molecule has 1 aromatic carbocycles. The van der Waals surface area contributed by atoms with Gasteiger partial charge in [0.1, 0.15) is 5.82 Å². The van der Waals surface area contributed by atoms with Crippen molar-refractivity contribution in [2.24, 2.45) is 0 Å². The van der Waals surface area contributed by atoms with E-state index in [1.807, 2.05) is 13.0 Å². The molecule has 0 radical (unpaired) electrons. The van der Waals surface area contributed by atoms with Crippen molar-refractivity contribution >= 4 is 0 Å². The zero-order valence-electron chi connectivity index (χ0n) is 8.87. The predicted molar refractivity (Wildman–Crippen MR) is 57.2 cm³/mol. The van der Waals surface area contributed by atoms with Gasteiger partial charge in [0, 0.05) is 18.7 Å². The summed E-state index contributed by atoms with van der Waals surface area (Å²) in [6.07, 6.45) is 1.04. The second kappa shape index (κ2) is 4.73. The number of rotatable bonds is 3. The van der Waals surface area contributed by atoms with E-state index < -0.39 is 0 Å². The van der Waals surface area contributed by atoms with Crippen LogP contribution in [0, 0.1) is 5.82 Å². The maximum absolute atomic E-state index is 13.0. The minimum atomic E-state index is -0.177. The Hall–Kier alpha value is -0.930. The summed E-state index contributed by atoms with van der Waals surface area (Å²) in [6.45, 7) is 3.64. The lowest BCUT2D eigenvalue weighted by Gasteiger charge is -2.18. The number of nitrogens with one attached hydrogen (secondary N) is 1. The molecule has 1 aliphatic heterocycles. The Morgan fingerprint density at radius 1 is 1.53 bits per heavy atom. The highest BCUT2D eigenvalue weighted by Gasteiger charge is 2.18. The quantitative estimate of drug-likeness (QED) is 0.824. The van der Waals surface area contributed by atoms with Crippen molar-refractivity contribution in [1.29, 1.82) is 0 Å². The lowest BCUT2D eigenvalue weighted by Crippen LogP contribution is -2.31. The molecule has 0 bridgehead atoms. The molecular formula is C12H16FNO. The lowest BCUT2D eigenvalue weighted by molar-refractivity contribution is 0.188. The fraction of sp³-hybridized carbons (Fsp3) is 0.500. The van der Waals surface area contributed by atoms with Crippen LogP contribution in [0.4, 0.5) is 4.39 Å². The van der Waals surface area contributed by atoms with Crippen LogP contribution < -0.4 is 5.32 Å². The summed E-state index contributed by atoms with van der Waals surface area (Å²) in [7, 11) is 0. The summed E-state index contributed by atoms with van der Waals surface area (Å²) in [5.41, 5.74) is 0.988. The first-order chi connectivity index (χ1) is 7.25. The van der Waals surface area contributed by atoms with Gasteiger partial charge in [-0.25, -0.2) is 4.39 Å². The van der Waals surface area contributed by atoms with E-state index in [0.29, 0.717) is 6.04 Å². The van der Waals surface area contributed by atoms with Crippen LogP contribution in [0.5, 0.6) is 0 Å². The first kappa shape index (κ1) is 10.6. The standard InChI is InChI=1S/C12H16FNO/c1-9(14-12-5-6-15-8-12)10-3-2-4-11(13)7-10/h2-4,7,9,12,14H,5-6,8H2,1H3. The topological polar surface area (TPSA) is 21.3 Å². The third-order valence-corrected chi connectivity index (χ3v) is 2.76. The molecule has 82 valence electrons. The highest BCUT2D eigenvalue weighted by molar-refractivity contribution is 5.19. The average Bonchev–Trinajstić information content (AvgIpc) is 2.70. The zero-order chi connectivity index (χ0) is 10.7. The smallest absolute Gasteiger partial charge is 0.123 e. The molecule has 3 heteroatoms. The Morgan fingerprint density at radius 2 is 2.40 bits per heavy atom. The van der Waals surface area contributed by atoms with E-state index in [4.69, 9.17) is 4.74 Å². The Balaban J connectivity index is 1.97. The Labute approximate surface area is 89.4 Å². The van der Waals surface area contributed by atoms with Crippen molar-refractivity contribution in [2.45, 2.75) is 25.4 Å². The highest BCUT2D eigenvalue weighted by atomic mass is 19.1. The number of benzene rings is 1. The Kier molecular flexibility index (Phi) is 3.34. The van der Waals surface area contributed by atoms with Crippen LogP contribution >= 0.6 is 0 Å². The molecule has 0 spiro atoms. The second-order valence-corrected chi connectivity index (χ2v) is 4.00. The Morgan fingerprint density at radius 3 is 3.07 bits per heavy atom. The third-order valence-electron chi connectivity index (χ3n) is 2.76. The first-order valence-electron chi connectivity index (χ1n) is 5.35. The van der Waals surface area contributed by atoms with Crippen LogP contribution in [-0.2, 0) is 4.74 Å². The molecule has 15 heavy (non-hydrogen) atoms. The van der Waals surface area contributed by atoms with Crippen molar-refractivity contribution < 1.29 is 9.13 Å². The fourth-order valence-corrected chi connectivity index (χ4v) is 1.89. The van der Waals surface area contributed by atoms with Crippen LogP contribution in [0.3, 0.4) is 0 Å². The number of ether oxygens (including phenoxy) is 1. The highest BCUT2D eigenvalue weighted by Crippen LogP contribution is 2.16. The van der Waals surface area contributed by atoms with Crippen LogP contribution in [0.15, 0.2) is 24.3 Å². The summed E-state index contributed by atoms with van der Waals surface area (Å²) >= 11 is 0. The van der Waals surface area contributed by atoms with Crippen molar-refractivity contribution in [3.63, 3.8) is 0 Å². The maximum atomic E-state index is 13.0. The molecule has 2 nitrogen and oxygen atoms in total. The maximum Gasteiger partial charge on any atom is 0.123 e. The van der Waals surface area contributed by atoms with Gasteiger partial charge in [0.25, 0.3) is 0 Å². The lowest BCUT2D eigenvalue weighted by atomic mass is 10.1. The van der Waals surface area contributed by atoms with E-state index in [2.05, 4.69) is 5.32 Å². The molecule has 2 atom stereocenters. The van der Waals surface area contributed by atoms with E-state index in [0.717, 1.165) is 25.2 Å². The molecule has 1 aromatic rings. The van der Waals surface area contributed by atoms with Gasteiger partial charge in [-0.2, -0.15) is 0 Å². The number of halogens is 1. The zero-order valence-corrected chi connectivity index (χ0v) is 8.87. The van der Waals surface area contributed by atoms with Gasteiger partial charge < -0.3 is 10.1 Å². The molecule has 0 amide bonds. The Bertz CT molecular complexity index is 323. The summed E-state index contributed by atoms with van der Waals surface area (Å²) in [4.78, 5) is 0. The molecule has 1 saturated heterocycles. The van der Waals surface area contributed by atoms with Crippen molar-refractivity contribution in [3.05, 3.63) is 35.6 Å². The molecule has 0 aliphatic carbocycles. The summed E-state index contributed by atoms with van der Waals surface area (Å²) < 4.78 is 18.3. The molecular weight excluding hydrogens is 193 g/mol.